The van der Waals surface area contributed by atoms with Crippen LogP contribution in [0.2, 0.25) is 0 Å². The Labute approximate surface area is 409 Å². The monoisotopic (exact) mass is 990 g/mol. The van der Waals surface area contributed by atoms with Crippen molar-refractivity contribution in [3.05, 3.63) is 126 Å². The number of nitrogens with zero attached hydrogens (tertiary/aromatic N) is 2. The van der Waals surface area contributed by atoms with E-state index in [9.17, 15) is 43.7 Å². The van der Waals surface area contributed by atoms with Crippen LogP contribution in [-0.4, -0.2) is 76.1 Å². The maximum absolute atomic E-state index is 13.7. The summed E-state index contributed by atoms with van der Waals surface area (Å²) in [6.07, 6.45) is 3.75. The minimum Gasteiger partial charge on any atom is -0.490 e. The van der Waals surface area contributed by atoms with Gasteiger partial charge in [-0.25, -0.2) is 19.4 Å². The number of fused-ring (bicyclic) bond motifs is 1. The first-order valence-corrected chi connectivity index (χ1v) is 23.2. The van der Waals surface area contributed by atoms with Gasteiger partial charge in [0, 0.05) is 29.8 Å². The van der Waals surface area contributed by atoms with E-state index in [1.54, 1.807) is 12.1 Å². The maximum atomic E-state index is 13.7. The van der Waals surface area contributed by atoms with Crippen molar-refractivity contribution in [2.45, 2.75) is 57.5 Å². The summed E-state index contributed by atoms with van der Waals surface area (Å²) in [5, 5.41) is 20.9. The number of esters is 6. The second-order valence-corrected chi connectivity index (χ2v) is 17.6. The molecule has 1 heterocycles. The molecule has 368 valence electrons. The lowest BCUT2D eigenvalue weighted by Gasteiger charge is -2.26. The van der Waals surface area contributed by atoms with Gasteiger partial charge in [0.1, 0.15) is 45.7 Å². The topological polar surface area (TPSA) is 260 Å². The van der Waals surface area contributed by atoms with Crippen LogP contribution >= 0.6 is 11.3 Å². The summed E-state index contributed by atoms with van der Waals surface area (Å²) in [5.41, 5.74) is 0.693. The first-order chi connectivity index (χ1) is 34.2. The maximum Gasteiger partial charge on any atom is 0.335 e. The SMILES string of the molecule is C=CC(=O)OCC(COc1ccc(OC(=O)C2CCC(C(=O)Oc3ccc(OC(=O)C4CCC(C(=O)Oc5ccc(C(=O)O)cc5)CC4)c4nc(-c5ccc([N+](=O)[O-])cc5)sc34)CC2)cc1)OC(=O)C=C. The van der Waals surface area contributed by atoms with Crippen LogP contribution in [0.5, 0.6) is 28.7 Å². The van der Waals surface area contributed by atoms with Crippen LogP contribution < -0.4 is 23.7 Å². The molecule has 1 atom stereocenters. The molecule has 0 aliphatic heterocycles. The van der Waals surface area contributed by atoms with Gasteiger partial charge in [-0.15, -0.1) is 11.3 Å². The Kier molecular flexibility index (Phi) is 16.7. The number of non-ortho nitro benzene ring substituents is 1. The van der Waals surface area contributed by atoms with Crippen molar-refractivity contribution in [2.24, 2.45) is 23.7 Å². The molecule has 2 aliphatic carbocycles. The molecule has 71 heavy (non-hydrogen) atoms. The third kappa shape index (κ3) is 13.3. The van der Waals surface area contributed by atoms with Crippen LogP contribution in [-0.2, 0) is 38.2 Å². The molecule has 5 aromatic rings. The highest BCUT2D eigenvalue weighted by Gasteiger charge is 2.35. The Morgan fingerprint density at radius 3 is 1.59 bits per heavy atom. The highest BCUT2D eigenvalue weighted by molar-refractivity contribution is 7.22. The van der Waals surface area contributed by atoms with Crippen LogP contribution in [0.3, 0.4) is 0 Å². The number of ether oxygens (including phenoxy) is 7. The molecule has 19 nitrogen and oxygen atoms in total. The molecule has 2 fully saturated rings. The third-order valence-electron chi connectivity index (χ3n) is 11.8. The Morgan fingerprint density at radius 1 is 0.634 bits per heavy atom. The summed E-state index contributed by atoms with van der Waals surface area (Å²) in [6, 6.07) is 20.4. The molecule has 4 aromatic carbocycles. The van der Waals surface area contributed by atoms with E-state index in [0.29, 0.717) is 72.4 Å². The lowest BCUT2D eigenvalue weighted by Crippen LogP contribution is -2.30. The molecular weight excluding hydrogens is 945 g/mol. The van der Waals surface area contributed by atoms with Crippen LogP contribution in [0, 0.1) is 33.8 Å². The average Bonchev–Trinajstić information content (AvgIpc) is 3.85. The molecule has 2 saturated carbocycles. The van der Waals surface area contributed by atoms with E-state index in [0.717, 1.165) is 23.5 Å². The molecule has 1 aromatic heterocycles. The van der Waals surface area contributed by atoms with Gasteiger partial charge < -0.3 is 38.3 Å². The van der Waals surface area contributed by atoms with Gasteiger partial charge in [-0.2, -0.15) is 0 Å². The molecule has 0 radical (unpaired) electrons. The molecular formula is C51H46N2O17S. The summed E-state index contributed by atoms with van der Waals surface area (Å²) in [4.78, 5) is 103. The van der Waals surface area contributed by atoms with Gasteiger partial charge in [-0.1, -0.05) is 13.2 Å². The summed E-state index contributed by atoms with van der Waals surface area (Å²) in [5.74, 6) is -5.55. The number of hydrogen-bond donors (Lipinski definition) is 1. The number of hydrogen-bond acceptors (Lipinski definition) is 18. The largest absolute Gasteiger partial charge is 0.490 e. The summed E-state index contributed by atoms with van der Waals surface area (Å²) in [7, 11) is 0. The zero-order valence-electron chi connectivity index (χ0n) is 37.9. The molecule has 0 amide bonds. The second kappa shape index (κ2) is 23.4. The van der Waals surface area contributed by atoms with Gasteiger partial charge in [0.2, 0.25) is 0 Å². The van der Waals surface area contributed by atoms with Crippen molar-refractivity contribution in [1.29, 1.82) is 0 Å². The summed E-state index contributed by atoms with van der Waals surface area (Å²) < 4.78 is 39.2. The van der Waals surface area contributed by atoms with Crippen molar-refractivity contribution < 1.29 is 76.7 Å². The Balaban J connectivity index is 0.949. The number of aromatic nitrogens is 1. The van der Waals surface area contributed by atoms with E-state index in [4.69, 9.17) is 43.2 Å². The van der Waals surface area contributed by atoms with Crippen LogP contribution in [0.4, 0.5) is 5.69 Å². The van der Waals surface area contributed by atoms with E-state index < -0.39 is 76.5 Å². The van der Waals surface area contributed by atoms with Gasteiger partial charge >= 0.3 is 41.8 Å². The Hall–Kier alpha value is -8.26. The zero-order chi connectivity index (χ0) is 50.6. The first kappa shape index (κ1) is 50.6. The molecule has 1 N–H and O–H groups in total. The van der Waals surface area contributed by atoms with Crippen LogP contribution in [0.25, 0.3) is 20.8 Å². The van der Waals surface area contributed by atoms with Gasteiger partial charge in [0.25, 0.3) is 5.69 Å². The van der Waals surface area contributed by atoms with E-state index in [1.807, 2.05) is 0 Å². The van der Waals surface area contributed by atoms with Crippen LogP contribution in [0.15, 0.2) is 110 Å². The van der Waals surface area contributed by atoms with Crippen molar-refractivity contribution >= 4 is 69.0 Å². The molecule has 7 rings (SSSR count). The van der Waals surface area contributed by atoms with E-state index >= 15 is 0 Å². The number of carboxylic acids is 1. The number of aromatic carboxylic acids is 1. The number of carbonyl (C=O) groups excluding carboxylic acids is 6. The quantitative estimate of drug-likeness (QED) is 0.0267. The number of nitro groups is 1. The summed E-state index contributed by atoms with van der Waals surface area (Å²) >= 11 is 1.14. The highest BCUT2D eigenvalue weighted by Crippen LogP contribution is 2.43. The standard InChI is InChI=1S/C51H46N2O17S/c1-3-42(54)65-28-39(66-43(55)4-2)27-64-36-21-23-38(24-22-36)68-49(59)32-7-11-34(12-8-32)51(61)70-41-26-25-40(44-45(41)71-46(52-44)29-13-17-35(18-14-29)53(62)63)69-50(60)33-9-5-31(6-10-33)48(58)67-37-19-15-30(16-20-37)47(56)57/h3-4,13-26,31-34,39H,1-2,5-12,27-28H2,(H,56,57). The van der Waals surface area contributed by atoms with Crippen molar-refractivity contribution in [2.75, 3.05) is 13.2 Å². The van der Waals surface area contributed by atoms with Gasteiger partial charge in [0.15, 0.2) is 17.6 Å². The third-order valence-corrected chi connectivity index (χ3v) is 12.9. The lowest BCUT2D eigenvalue weighted by atomic mass is 9.82. The van der Waals surface area contributed by atoms with Crippen LogP contribution in [0.1, 0.15) is 61.7 Å². The fraction of sp³-hybridized carbons (Fsp3) is 0.294. The number of benzene rings is 4. The fourth-order valence-corrected chi connectivity index (χ4v) is 8.94. The number of rotatable bonds is 19. The first-order valence-electron chi connectivity index (χ1n) is 22.4. The fourth-order valence-electron chi connectivity index (χ4n) is 7.91. The Morgan fingerprint density at radius 2 is 1.10 bits per heavy atom. The van der Waals surface area contributed by atoms with E-state index in [2.05, 4.69) is 13.2 Å². The van der Waals surface area contributed by atoms with Crippen molar-refractivity contribution in [3.63, 3.8) is 0 Å². The Bertz CT molecular complexity index is 2820. The van der Waals surface area contributed by atoms with E-state index in [-0.39, 0.29) is 53.0 Å². The van der Waals surface area contributed by atoms with Gasteiger partial charge in [-0.3, -0.25) is 29.3 Å². The normalized spacial score (nSPS) is 17.9. The van der Waals surface area contributed by atoms with Gasteiger partial charge in [-0.05, 0) is 124 Å². The lowest BCUT2D eigenvalue weighted by molar-refractivity contribution is -0.384. The minimum absolute atomic E-state index is 0.0540. The van der Waals surface area contributed by atoms with Gasteiger partial charge in [0.05, 0.1) is 34.2 Å². The highest BCUT2D eigenvalue weighted by atomic mass is 32.1. The molecule has 20 heteroatoms. The van der Waals surface area contributed by atoms with Crippen molar-refractivity contribution in [1.82, 2.24) is 4.98 Å². The second-order valence-electron chi connectivity index (χ2n) is 16.6. The average molecular weight is 991 g/mol. The minimum atomic E-state index is -1.10. The summed E-state index contributed by atoms with van der Waals surface area (Å²) in [6.45, 7) is 6.24. The molecule has 0 bridgehead atoms. The van der Waals surface area contributed by atoms with E-state index in [1.165, 1.54) is 72.8 Å². The smallest absolute Gasteiger partial charge is 0.335 e. The van der Waals surface area contributed by atoms with Crippen molar-refractivity contribution in [3.8, 4) is 39.3 Å². The predicted molar refractivity (Wildman–Crippen MR) is 252 cm³/mol. The number of carboxylic acid groups (broad SMARTS) is 1. The molecule has 1 unspecified atom stereocenters. The number of carbonyl (C=O) groups is 7. The molecule has 0 spiro atoms. The number of nitro benzene ring substituents is 1. The molecule has 2 aliphatic rings. The number of thiazole rings is 1. The predicted octanol–water partition coefficient (Wildman–Crippen LogP) is 8.41. The zero-order valence-corrected chi connectivity index (χ0v) is 38.7. The molecule has 0 saturated heterocycles.